The van der Waals surface area contributed by atoms with E-state index in [1.807, 2.05) is 31.2 Å². The first-order valence-corrected chi connectivity index (χ1v) is 7.53. The summed E-state index contributed by atoms with van der Waals surface area (Å²) in [5.74, 6) is 1.23. The molecule has 3 rings (SSSR count). The average Bonchev–Trinajstić information content (AvgIpc) is 2.97. The highest BCUT2D eigenvalue weighted by molar-refractivity contribution is 9.10. The summed E-state index contributed by atoms with van der Waals surface area (Å²) in [4.78, 5) is 8.69. The molecule has 0 aliphatic rings. The van der Waals surface area contributed by atoms with Gasteiger partial charge in [0, 0.05) is 22.5 Å². The largest absolute Gasteiger partial charge is 0.469 e. The summed E-state index contributed by atoms with van der Waals surface area (Å²) in [5, 5.41) is 5.36. The van der Waals surface area contributed by atoms with Gasteiger partial charge in [-0.25, -0.2) is 9.97 Å². The third-order valence-corrected chi connectivity index (χ3v) is 4.28. The van der Waals surface area contributed by atoms with E-state index in [9.17, 15) is 0 Å². The predicted octanol–water partition coefficient (Wildman–Crippen LogP) is 3.50. The number of rotatable bonds is 4. The molecule has 1 aromatic carbocycles. The number of nitrogens with zero attached hydrogens (tertiary/aromatic N) is 4. The van der Waals surface area contributed by atoms with Gasteiger partial charge in [-0.05, 0) is 47.5 Å². The van der Waals surface area contributed by atoms with Crippen molar-refractivity contribution in [2.75, 3.05) is 0 Å². The van der Waals surface area contributed by atoms with Crippen molar-refractivity contribution in [3.63, 3.8) is 0 Å². The van der Waals surface area contributed by atoms with Crippen LogP contribution in [-0.4, -0.2) is 19.7 Å². The minimum absolute atomic E-state index is 0.318. The summed E-state index contributed by atoms with van der Waals surface area (Å²) in [6.45, 7) is 5.20. The van der Waals surface area contributed by atoms with Crippen molar-refractivity contribution in [1.82, 2.24) is 19.7 Å². The number of aromatic nitrogens is 4. The van der Waals surface area contributed by atoms with Gasteiger partial charge in [0.25, 0.3) is 0 Å². The summed E-state index contributed by atoms with van der Waals surface area (Å²) in [6.07, 6.45) is 1.70. The zero-order valence-corrected chi connectivity index (χ0v) is 13.5. The Hall–Kier alpha value is -1.95. The molecule has 0 fully saturated rings. The maximum atomic E-state index is 5.66. The Morgan fingerprint density at radius 2 is 2.10 bits per heavy atom. The standard InChI is InChI=1S/C15H15BrN4O/c1-3-20-9-17-13(19-20)8-21-14-7-5-11-12(18-14)6-4-10(2)15(11)16/h4-7,9H,3,8H2,1-2H3. The highest BCUT2D eigenvalue weighted by Crippen LogP contribution is 2.27. The van der Waals surface area contributed by atoms with Crippen molar-refractivity contribution in [2.24, 2.45) is 0 Å². The third kappa shape index (κ3) is 2.90. The van der Waals surface area contributed by atoms with Crippen molar-refractivity contribution in [3.8, 4) is 5.88 Å². The van der Waals surface area contributed by atoms with Crippen LogP contribution in [0.25, 0.3) is 10.9 Å². The van der Waals surface area contributed by atoms with Gasteiger partial charge in [0.1, 0.15) is 6.33 Å². The first-order valence-electron chi connectivity index (χ1n) is 6.74. The molecule has 0 amide bonds. The highest BCUT2D eigenvalue weighted by Gasteiger charge is 2.06. The summed E-state index contributed by atoms with van der Waals surface area (Å²) in [5.41, 5.74) is 2.09. The molecule has 2 aromatic heterocycles. The molecular formula is C15H15BrN4O. The summed E-state index contributed by atoms with van der Waals surface area (Å²) in [6, 6.07) is 7.90. The van der Waals surface area contributed by atoms with E-state index in [1.54, 1.807) is 11.0 Å². The molecule has 21 heavy (non-hydrogen) atoms. The highest BCUT2D eigenvalue weighted by atomic mass is 79.9. The molecule has 0 atom stereocenters. The first-order chi connectivity index (χ1) is 10.2. The van der Waals surface area contributed by atoms with E-state index >= 15 is 0 Å². The average molecular weight is 347 g/mol. The quantitative estimate of drug-likeness (QED) is 0.725. The zero-order valence-electron chi connectivity index (χ0n) is 11.9. The lowest BCUT2D eigenvalue weighted by molar-refractivity contribution is 0.284. The van der Waals surface area contributed by atoms with Crippen LogP contribution in [0, 0.1) is 6.92 Å². The van der Waals surface area contributed by atoms with Crippen LogP contribution in [0.3, 0.4) is 0 Å². The fourth-order valence-electron chi connectivity index (χ4n) is 2.03. The van der Waals surface area contributed by atoms with Gasteiger partial charge in [-0.1, -0.05) is 6.07 Å². The molecule has 0 N–H and O–H groups in total. The van der Waals surface area contributed by atoms with Gasteiger partial charge in [-0.3, -0.25) is 4.68 Å². The Morgan fingerprint density at radius 1 is 1.24 bits per heavy atom. The molecule has 3 aromatic rings. The molecule has 0 unspecified atom stereocenters. The van der Waals surface area contributed by atoms with E-state index in [0.29, 0.717) is 18.3 Å². The van der Waals surface area contributed by atoms with E-state index in [0.717, 1.165) is 21.9 Å². The number of fused-ring (bicyclic) bond motifs is 1. The van der Waals surface area contributed by atoms with Crippen molar-refractivity contribution in [1.29, 1.82) is 0 Å². The van der Waals surface area contributed by atoms with E-state index in [2.05, 4.69) is 37.9 Å². The monoisotopic (exact) mass is 346 g/mol. The number of hydrogen-bond acceptors (Lipinski definition) is 4. The molecule has 0 radical (unpaired) electrons. The molecule has 6 heteroatoms. The predicted molar refractivity (Wildman–Crippen MR) is 84.2 cm³/mol. The summed E-state index contributed by atoms with van der Waals surface area (Å²) >= 11 is 3.59. The fourth-order valence-corrected chi connectivity index (χ4v) is 2.50. The van der Waals surface area contributed by atoms with E-state index in [1.165, 1.54) is 5.56 Å². The lowest BCUT2D eigenvalue weighted by Gasteiger charge is -2.07. The minimum atomic E-state index is 0.318. The SMILES string of the molecule is CCn1cnc(COc2ccc3c(Br)c(C)ccc3n2)n1. The van der Waals surface area contributed by atoms with Crippen LogP contribution in [0.2, 0.25) is 0 Å². The van der Waals surface area contributed by atoms with Gasteiger partial charge in [0.05, 0.1) is 5.52 Å². The second-order valence-corrected chi connectivity index (χ2v) is 5.51. The van der Waals surface area contributed by atoms with Gasteiger partial charge in [0.15, 0.2) is 12.4 Å². The molecule has 108 valence electrons. The van der Waals surface area contributed by atoms with Crippen molar-refractivity contribution in [2.45, 2.75) is 27.0 Å². The lowest BCUT2D eigenvalue weighted by Crippen LogP contribution is -2.01. The Labute approximate surface area is 131 Å². The maximum Gasteiger partial charge on any atom is 0.214 e. The number of hydrogen-bond donors (Lipinski definition) is 0. The molecular weight excluding hydrogens is 332 g/mol. The normalized spacial score (nSPS) is 11.0. The maximum absolute atomic E-state index is 5.66. The molecule has 2 heterocycles. The number of aryl methyl sites for hydroxylation is 2. The third-order valence-electron chi connectivity index (χ3n) is 3.23. The van der Waals surface area contributed by atoms with Crippen LogP contribution in [0.4, 0.5) is 0 Å². The lowest BCUT2D eigenvalue weighted by atomic mass is 10.1. The molecule has 0 aliphatic carbocycles. The van der Waals surface area contributed by atoms with Crippen LogP contribution in [0.5, 0.6) is 5.88 Å². The summed E-state index contributed by atoms with van der Waals surface area (Å²) < 4.78 is 8.51. The second-order valence-electron chi connectivity index (χ2n) is 4.72. The molecule has 0 bridgehead atoms. The first kappa shape index (κ1) is 14.0. The Balaban J connectivity index is 1.80. The second kappa shape index (κ2) is 5.81. The van der Waals surface area contributed by atoms with Crippen LogP contribution >= 0.6 is 15.9 Å². The Kier molecular flexibility index (Phi) is 3.88. The van der Waals surface area contributed by atoms with Crippen LogP contribution in [-0.2, 0) is 13.2 Å². The smallest absolute Gasteiger partial charge is 0.214 e. The van der Waals surface area contributed by atoms with Gasteiger partial charge in [0.2, 0.25) is 5.88 Å². The van der Waals surface area contributed by atoms with Gasteiger partial charge in [-0.2, -0.15) is 5.10 Å². The molecule has 0 saturated heterocycles. The van der Waals surface area contributed by atoms with Crippen molar-refractivity contribution in [3.05, 3.63) is 46.5 Å². The topological polar surface area (TPSA) is 52.8 Å². The number of pyridine rings is 1. The van der Waals surface area contributed by atoms with E-state index in [4.69, 9.17) is 4.74 Å². The van der Waals surface area contributed by atoms with Gasteiger partial charge < -0.3 is 4.74 Å². The van der Waals surface area contributed by atoms with Crippen molar-refractivity contribution >= 4 is 26.8 Å². The fraction of sp³-hybridized carbons (Fsp3) is 0.267. The molecule has 0 aliphatic heterocycles. The van der Waals surface area contributed by atoms with Crippen molar-refractivity contribution < 1.29 is 4.74 Å². The number of benzene rings is 1. The van der Waals surface area contributed by atoms with Gasteiger partial charge >= 0.3 is 0 Å². The summed E-state index contributed by atoms with van der Waals surface area (Å²) in [7, 11) is 0. The van der Waals surface area contributed by atoms with E-state index < -0.39 is 0 Å². The Morgan fingerprint density at radius 3 is 2.86 bits per heavy atom. The zero-order chi connectivity index (χ0) is 14.8. The van der Waals surface area contributed by atoms with Crippen LogP contribution in [0.1, 0.15) is 18.3 Å². The number of halogens is 1. The molecule has 5 nitrogen and oxygen atoms in total. The van der Waals surface area contributed by atoms with Crippen LogP contribution < -0.4 is 4.74 Å². The molecule has 0 saturated carbocycles. The van der Waals surface area contributed by atoms with Crippen LogP contribution in [0.15, 0.2) is 35.1 Å². The Bertz CT molecular complexity index is 784. The molecule has 0 spiro atoms. The van der Waals surface area contributed by atoms with Gasteiger partial charge in [-0.15, -0.1) is 0 Å². The minimum Gasteiger partial charge on any atom is -0.469 e. The van der Waals surface area contributed by atoms with E-state index in [-0.39, 0.29) is 0 Å². The number of ether oxygens (including phenoxy) is 1.